The van der Waals surface area contributed by atoms with E-state index in [1.807, 2.05) is 26.0 Å². The van der Waals surface area contributed by atoms with Crippen molar-refractivity contribution in [2.75, 3.05) is 0 Å². The maximum atomic E-state index is 12.0. The van der Waals surface area contributed by atoms with E-state index in [9.17, 15) is 9.59 Å². The maximum absolute atomic E-state index is 12.0. The summed E-state index contributed by atoms with van der Waals surface area (Å²) in [5.74, 6) is -1.37. The highest BCUT2D eigenvalue weighted by atomic mass is 17.2. The number of phenolic OH excluding ortho intramolecular Hbond substituents is 1. The van der Waals surface area contributed by atoms with Crippen molar-refractivity contribution in [3.8, 4) is 5.75 Å². The number of rotatable bonds is 3. The molecule has 2 rings (SSSR count). The summed E-state index contributed by atoms with van der Waals surface area (Å²) < 4.78 is 0. The van der Waals surface area contributed by atoms with Gasteiger partial charge in [0.15, 0.2) is 0 Å². The van der Waals surface area contributed by atoms with Gasteiger partial charge in [-0.05, 0) is 41.8 Å². The highest BCUT2D eigenvalue weighted by molar-refractivity contribution is 5.93. The Labute approximate surface area is 128 Å². The molecule has 2 aromatic carbocycles. The second-order valence-corrected chi connectivity index (χ2v) is 5.03. The Hall–Kier alpha value is -2.82. The second kappa shape index (κ2) is 6.76. The van der Waals surface area contributed by atoms with Gasteiger partial charge in [0.2, 0.25) is 0 Å². The number of phenols is 1. The molecule has 0 heterocycles. The van der Waals surface area contributed by atoms with Gasteiger partial charge in [-0.1, -0.05) is 32.0 Å². The Morgan fingerprint density at radius 1 is 0.909 bits per heavy atom. The predicted molar refractivity (Wildman–Crippen MR) is 79.5 cm³/mol. The summed E-state index contributed by atoms with van der Waals surface area (Å²) in [5.41, 5.74) is 1.34. The van der Waals surface area contributed by atoms with Gasteiger partial charge < -0.3 is 5.11 Å². The molecule has 2 aromatic rings. The minimum absolute atomic E-state index is 0.0272. The summed E-state index contributed by atoms with van der Waals surface area (Å²) in [6.07, 6.45) is 0. The molecule has 0 aromatic heterocycles. The molecule has 1 N–H and O–H groups in total. The van der Waals surface area contributed by atoms with Crippen LogP contribution in [-0.4, -0.2) is 17.0 Å². The lowest BCUT2D eigenvalue weighted by molar-refractivity contribution is -0.187. The lowest BCUT2D eigenvalue weighted by atomic mass is 9.97. The molecule has 0 saturated heterocycles. The first-order valence-corrected chi connectivity index (χ1v) is 6.80. The van der Waals surface area contributed by atoms with Crippen molar-refractivity contribution in [3.63, 3.8) is 0 Å². The summed E-state index contributed by atoms with van der Waals surface area (Å²) in [7, 11) is 0. The first-order valence-electron chi connectivity index (χ1n) is 6.80. The highest BCUT2D eigenvalue weighted by Gasteiger charge is 2.18. The van der Waals surface area contributed by atoms with E-state index in [4.69, 9.17) is 5.11 Å². The Morgan fingerprint density at radius 3 is 2.14 bits per heavy atom. The molecule has 0 aliphatic rings. The van der Waals surface area contributed by atoms with Gasteiger partial charge in [0, 0.05) is 0 Å². The summed E-state index contributed by atoms with van der Waals surface area (Å²) in [6.45, 7) is 3.91. The predicted octanol–water partition coefficient (Wildman–Crippen LogP) is 3.44. The molecule has 0 saturated carbocycles. The van der Waals surface area contributed by atoms with E-state index < -0.39 is 11.9 Å². The standard InChI is InChI=1S/C17H16O5/c1-11(2)14-5-3-4-6-15(14)17(20)22-21-16(19)12-7-9-13(18)10-8-12/h3-11,18H,1-2H3. The highest BCUT2D eigenvalue weighted by Crippen LogP contribution is 2.20. The van der Waals surface area contributed by atoms with Crippen LogP contribution in [0.25, 0.3) is 0 Å². The second-order valence-electron chi connectivity index (χ2n) is 5.03. The van der Waals surface area contributed by atoms with Gasteiger partial charge in [-0.15, -0.1) is 0 Å². The van der Waals surface area contributed by atoms with Crippen LogP contribution in [0.1, 0.15) is 46.0 Å². The smallest absolute Gasteiger partial charge is 0.386 e. The number of aromatic hydroxyl groups is 1. The number of hydrogen-bond donors (Lipinski definition) is 1. The minimum atomic E-state index is -0.810. The van der Waals surface area contributed by atoms with Crippen LogP contribution in [0.4, 0.5) is 0 Å². The van der Waals surface area contributed by atoms with Crippen molar-refractivity contribution in [1.82, 2.24) is 0 Å². The Bertz CT molecular complexity index is 674. The molecular weight excluding hydrogens is 284 g/mol. The number of hydrogen-bond acceptors (Lipinski definition) is 5. The van der Waals surface area contributed by atoms with Gasteiger partial charge in [-0.2, -0.15) is 0 Å². The fourth-order valence-corrected chi connectivity index (χ4v) is 1.95. The Kier molecular flexibility index (Phi) is 4.78. The van der Waals surface area contributed by atoms with Crippen LogP contribution in [0.3, 0.4) is 0 Å². The van der Waals surface area contributed by atoms with Crippen molar-refractivity contribution in [2.45, 2.75) is 19.8 Å². The fourth-order valence-electron chi connectivity index (χ4n) is 1.95. The van der Waals surface area contributed by atoms with Crippen LogP contribution in [-0.2, 0) is 9.78 Å². The van der Waals surface area contributed by atoms with Crippen molar-refractivity contribution in [3.05, 3.63) is 65.2 Å². The van der Waals surface area contributed by atoms with Gasteiger partial charge in [-0.25, -0.2) is 19.4 Å². The third-order valence-corrected chi connectivity index (χ3v) is 3.10. The summed E-state index contributed by atoms with van der Waals surface area (Å²) in [6, 6.07) is 12.4. The molecule has 0 bridgehead atoms. The molecule has 0 amide bonds. The quantitative estimate of drug-likeness (QED) is 0.694. The molecule has 114 valence electrons. The topological polar surface area (TPSA) is 72.8 Å². The molecule has 0 spiro atoms. The first-order chi connectivity index (χ1) is 10.5. The molecule has 0 unspecified atom stereocenters. The third kappa shape index (κ3) is 3.63. The molecule has 5 heteroatoms. The molecule has 0 radical (unpaired) electrons. The molecule has 5 nitrogen and oxygen atoms in total. The summed E-state index contributed by atoms with van der Waals surface area (Å²) >= 11 is 0. The van der Waals surface area contributed by atoms with Gasteiger partial charge in [0.05, 0.1) is 11.1 Å². The van der Waals surface area contributed by atoms with E-state index in [1.54, 1.807) is 12.1 Å². The first kappa shape index (κ1) is 15.6. The average Bonchev–Trinajstić information content (AvgIpc) is 2.53. The van der Waals surface area contributed by atoms with Crippen LogP contribution in [0.5, 0.6) is 5.75 Å². The molecule has 0 aliphatic heterocycles. The Balaban J connectivity index is 2.04. The van der Waals surface area contributed by atoms with Gasteiger partial charge in [0.1, 0.15) is 5.75 Å². The van der Waals surface area contributed by atoms with E-state index in [0.717, 1.165) is 5.56 Å². The van der Waals surface area contributed by atoms with Crippen molar-refractivity contribution in [1.29, 1.82) is 0 Å². The number of benzene rings is 2. The third-order valence-electron chi connectivity index (χ3n) is 3.10. The van der Waals surface area contributed by atoms with E-state index in [1.165, 1.54) is 24.3 Å². The van der Waals surface area contributed by atoms with Gasteiger partial charge >= 0.3 is 11.9 Å². The van der Waals surface area contributed by atoms with Crippen molar-refractivity contribution in [2.24, 2.45) is 0 Å². The van der Waals surface area contributed by atoms with Crippen LogP contribution < -0.4 is 0 Å². The van der Waals surface area contributed by atoms with Crippen LogP contribution in [0.15, 0.2) is 48.5 Å². The fraction of sp³-hybridized carbons (Fsp3) is 0.176. The zero-order valence-corrected chi connectivity index (χ0v) is 12.3. The van der Waals surface area contributed by atoms with Crippen molar-refractivity contribution >= 4 is 11.9 Å². The monoisotopic (exact) mass is 300 g/mol. The SMILES string of the molecule is CC(C)c1ccccc1C(=O)OOC(=O)c1ccc(O)cc1. The molecule has 0 aliphatic carbocycles. The van der Waals surface area contributed by atoms with Gasteiger partial charge in [-0.3, -0.25) is 0 Å². The number of carbonyl (C=O) groups is 2. The number of carbonyl (C=O) groups excluding carboxylic acids is 2. The van der Waals surface area contributed by atoms with Crippen molar-refractivity contribution < 1.29 is 24.5 Å². The normalized spacial score (nSPS) is 10.3. The zero-order chi connectivity index (χ0) is 16.1. The Morgan fingerprint density at radius 2 is 1.50 bits per heavy atom. The molecule has 0 fully saturated rings. The van der Waals surface area contributed by atoms with Crippen LogP contribution >= 0.6 is 0 Å². The van der Waals surface area contributed by atoms with Gasteiger partial charge in [0.25, 0.3) is 0 Å². The summed E-state index contributed by atoms with van der Waals surface area (Å²) in [5, 5.41) is 9.15. The zero-order valence-electron chi connectivity index (χ0n) is 12.3. The van der Waals surface area contributed by atoms with E-state index in [-0.39, 0.29) is 17.2 Å². The van der Waals surface area contributed by atoms with Crippen LogP contribution in [0, 0.1) is 0 Å². The average molecular weight is 300 g/mol. The largest absolute Gasteiger partial charge is 0.508 e. The van der Waals surface area contributed by atoms with E-state index in [2.05, 4.69) is 9.78 Å². The molecule has 22 heavy (non-hydrogen) atoms. The summed E-state index contributed by atoms with van der Waals surface area (Å²) in [4.78, 5) is 32.9. The van der Waals surface area contributed by atoms with E-state index in [0.29, 0.717) is 5.56 Å². The maximum Gasteiger partial charge on any atom is 0.386 e. The van der Waals surface area contributed by atoms with E-state index >= 15 is 0 Å². The van der Waals surface area contributed by atoms with Crippen LogP contribution in [0.2, 0.25) is 0 Å². The molecule has 0 atom stereocenters. The minimum Gasteiger partial charge on any atom is -0.508 e. The molecular formula is C17H16O5. The lowest BCUT2D eigenvalue weighted by Crippen LogP contribution is -2.13. The lowest BCUT2D eigenvalue weighted by Gasteiger charge is -2.10.